The van der Waals surface area contributed by atoms with E-state index in [-0.39, 0.29) is 19.1 Å². The number of aryl methyl sites for hydroxylation is 2. The number of carboxylic acids is 1. The first kappa shape index (κ1) is 15.5. The minimum atomic E-state index is -0.913. The lowest BCUT2D eigenvalue weighted by Gasteiger charge is -2.29. The van der Waals surface area contributed by atoms with Crippen LogP contribution in [0.15, 0.2) is 18.2 Å². The summed E-state index contributed by atoms with van der Waals surface area (Å²) in [5, 5.41) is 9.24. The fraction of sp³-hybridized carbons (Fsp3) is 0.500. The largest absolute Gasteiger partial charge is 0.481 e. The maximum absolute atomic E-state index is 12.7. The first-order chi connectivity index (χ1) is 9.95. The molecule has 0 spiro atoms. The maximum atomic E-state index is 12.7. The van der Waals surface area contributed by atoms with Gasteiger partial charge in [0.15, 0.2) is 0 Å². The Hall–Kier alpha value is -1.88. The van der Waals surface area contributed by atoms with E-state index in [9.17, 15) is 14.7 Å². The quantitative estimate of drug-likeness (QED) is 0.919. The summed E-state index contributed by atoms with van der Waals surface area (Å²) in [6.07, 6.45) is 0. The van der Waals surface area contributed by atoms with Crippen LogP contribution in [0.2, 0.25) is 0 Å². The number of ether oxygens (including phenoxy) is 1. The van der Waals surface area contributed by atoms with Crippen LogP contribution in [0.5, 0.6) is 0 Å². The van der Waals surface area contributed by atoms with E-state index >= 15 is 0 Å². The normalized spacial score (nSPS) is 21.3. The van der Waals surface area contributed by atoms with Gasteiger partial charge in [0.05, 0.1) is 19.3 Å². The molecule has 5 heteroatoms. The van der Waals surface area contributed by atoms with Crippen LogP contribution >= 0.6 is 0 Å². The molecule has 1 heterocycles. The van der Waals surface area contributed by atoms with E-state index in [0.717, 1.165) is 11.1 Å². The number of likely N-dealkylation sites (N-methyl/N-ethyl adjacent to an activating group) is 1. The molecule has 1 N–H and O–H groups in total. The highest BCUT2D eigenvalue weighted by atomic mass is 16.5. The fourth-order valence-corrected chi connectivity index (χ4v) is 2.66. The van der Waals surface area contributed by atoms with E-state index in [1.54, 1.807) is 11.0 Å². The number of hydrogen-bond donors (Lipinski definition) is 1. The van der Waals surface area contributed by atoms with Gasteiger partial charge in [-0.2, -0.15) is 0 Å². The number of aliphatic carboxylic acids is 1. The molecule has 2 unspecified atom stereocenters. The Kier molecular flexibility index (Phi) is 4.63. The second kappa shape index (κ2) is 6.26. The number of rotatable bonds is 4. The van der Waals surface area contributed by atoms with Crippen molar-refractivity contribution in [2.75, 3.05) is 19.8 Å². The summed E-state index contributed by atoms with van der Waals surface area (Å²) in [6.45, 7) is 6.71. The smallest absolute Gasteiger partial charge is 0.311 e. The van der Waals surface area contributed by atoms with Crippen molar-refractivity contribution in [1.29, 1.82) is 0 Å². The summed E-state index contributed by atoms with van der Waals surface area (Å²) in [6, 6.07) is 5.16. The Morgan fingerprint density at radius 1 is 1.29 bits per heavy atom. The Labute approximate surface area is 124 Å². The number of benzene rings is 1. The van der Waals surface area contributed by atoms with Gasteiger partial charge in [-0.3, -0.25) is 9.59 Å². The fourth-order valence-electron chi connectivity index (χ4n) is 2.66. The highest BCUT2D eigenvalue weighted by molar-refractivity contribution is 5.95. The molecule has 0 aromatic heterocycles. The molecule has 5 nitrogen and oxygen atoms in total. The van der Waals surface area contributed by atoms with Crippen molar-refractivity contribution in [1.82, 2.24) is 4.90 Å². The van der Waals surface area contributed by atoms with Crippen molar-refractivity contribution in [3.05, 3.63) is 34.9 Å². The zero-order chi connectivity index (χ0) is 15.6. The molecule has 1 amide bonds. The summed E-state index contributed by atoms with van der Waals surface area (Å²) in [5.74, 6) is -1.70. The lowest BCUT2D eigenvalue weighted by atomic mass is 10.00. The van der Waals surface area contributed by atoms with Crippen molar-refractivity contribution >= 4 is 11.9 Å². The molecular weight excluding hydrogens is 270 g/mol. The average Bonchev–Trinajstić information content (AvgIpc) is 2.92. The highest BCUT2D eigenvalue weighted by Crippen LogP contribution is 2.22. The Balaban J connectivity index is 2.26. The van der Waals surface area contributed by atoms with Crippen molar-refractivity contribution in [3.63, 3.8) is 0 Å². The molecule has 0 bridgehead atoms. The molecule has 1 aliphatic rings. The van der Waals surface area contributed by atoms with Gasteiger partial charge in [-0.15, -0.1) is 0 Å². The molecule has 1 saturated heterocycles. The minimum absolute atomic E-state index is 0.137. The van der Waals surface area contributed by atoms with Crippen molar-refractivity contribution in [2.24, 2.45) is 5.92 Å². The van der Waals surface area contributed by atoms with Gasteiger partial charge in [-0.05, 0) is 44.0 Å². The Bertz CT molecular complexity index is 555. The number of amides is 1. The standard InChI is InChI=1S/C16H21NO4/c1-4-17(14-9-21-8-13(14)16(19)20)15(18)12-6-5-10(2)11(3)7-12/h5-7,13-14H,4,8-9H2,1-3H3,(H,19,20). The molecule has 0 radical (unpaired) electrons. The van der Waals surface area contributed by atoms with Gasteiger partial charge in [0.25, 0.3) is 5.91 Å². The molecular formula is C16H21NO4. The second-order valence-electron chi connectivity index (χ2n) is 5.44. The summed E-state index contributed by atoms with van der Waals surface area (Å²) in [7, 11) is 0. The zero-order valence-corrected chi connectivity index (χ0v) is 12.6. The van der Waals surface area contributed by atoms with E-state index in [4.69, 9.17) is 4.74 Å². The van der Waals surface area contributed by atoms with E-state index in [2.05, 4.69) is 0 Å². The lowest BCUT2D eigenvalue weighted by Crippen LogP contribution is -2.46. The summed E-state index contributed by atoms with van der Waals surface area (Å²) in [4.78, 5) is 25.6. The number of carbonyl (C=O) groups is 2. The van der Waals surface area contributed by atoms with Gasteiger partial charge < -0.3 is 14.7 Å². The second-order valence-corrected chi connectivity index (χ2v) is 5.44. The van der Waals surface area contributed by atoms with Crippen molar-refractivity contribution in [2.45, 2.75) is 26.8 Å². The van der Waals surface area contributed by atoms with Crippen LogP contribution in [0.1, 0.15) is 28.4 Å². The van der Waals surface area contributed by atoms with Gasteiger partial charge in [0.2, 0.25) is 0 Å². The van der Waals surface area contributed by atoms with Crippen LogP contribution in [0, 0.1) is 19.8 Å². The van der Waals surface area contributed by atoms with Crippen LogP contribution in [-0.2, 0) is 9.53 Å². The Morgan fingerprint density at radius 2 is 2.00 bits per heavy atom. The maximum Gasteiger partial charge on any atom is 0.311 e. The van der Waals surface area contributed by atoms with Crippen molar-refractivity contribution < 1.29 is 19.4 Å². The van der Waals surface area contributed by atoms with E-state index < -0.39 is 17.9 Å². The first-order valence-corrected chi connectivity index (χ1v) is 7.14. The molecule has 0 saturated carbocycles. The van der Waals surface area contributed by atoms with E-state index in [1.807, 2.05) is 32.9 Å². The van der Waals surface area contributed by atoms with Crippen LogP contribution < -0.4 is 0 Å². The van der Waals surface area contributed by atoms with Crippen LogP contribution in [0.25, 0.3) is 0 Å². The summed E-state index contributed by atoms with van der Waals surface area (Å²) < 4.78 is 5.27. The van der Waals surface area contributed by atoms with Gasteiger partial charge in [-0.1, -0.05) is 6.07 Å². The predicted octanol–water partition coefficient (Wildman–Crippen LogP) is 1.87. The molecule has 21 heavy (non-hydrogen) atoms. The number of carbonyl (C=O) groups excluding carboxylic acids is 1. The summed E-state index contributed by atoms with van der Waals surface area (Å²) >= 11 is 0. The molecule has 0 aliphatic carbocycles. The SMILES string of the molecule is CCN(C(=O)c1ccc(C)c(C)c1)C1COCC1C(=O)O. The Morgan fingerprint density at radius 3 is 2.57 bits per heavy atom. The minimum Gasteiger partial charge on any atom is -0.481 e. The van der Waals surface area contributed by atoms with Crippen molar-refractivity contribution in [3.8, 4) is 0 Å². The topological polar surface area (TPSA) is 66.8 Å². The monoisotopic (exact) mass is 291 g/mol. The summed E-state index contributed by atoms with van der Waals surface area (Å²) in [5.41, 5.74) is 2.77. The van der Waals surface area contributed by atoms with Gasteiger partial charge in [0, 0.05) is 12.1 Å². The van der Waals surface area contributed by atoms with Gasteiger partial charge in [-0.25, -0.2) is 0 Å². The van der Waals surface area contributed by atoms with Gasteiger partial charge in [0.1, 0.15) is 5.92 Å². The van der Waals surface area contributed by atoms with Gasteiger partial charge >= 0.3 is 5.97 Å². The lowest BCUT2D eigenvalue weighted by molar-refractivity contribution is -0.142. The molecule has 114 valence electrons. The number of carboxylic acid groups (broad SMARTS) is 1. The first-order valence-electron chi connectivity index (χ1n) is 7.14. The van der Waals surface area contributed by atoms with E-state index in [0.29, 0.717) is 12.1 Å². The van der Waals surface area contributed by atoms with Crippen LogP contribution in [-0.4, -0.2) is 47.7 Å². The molecule has 1 aromatic carbocycles. The van der Waals surface area contributed by atoms with Crippen LogP contribution in [0.4, 0.5) is 0 Å². The zero-order valence-electron chi connectivity index (χ0n) is 12.6. The molecule has 1 fully saturated rings. The predicted molar refractivity (Wildman–Crippen MR) is 78.4 cm³/mol. The van der Waals surface area contributed by atoms with Crippen LogP contribution in [0.3, 0.4) is 0 Å². The highest BCUT2D eigenvalue weighted by Gasteiger charge is 2.39. The molecule has 2 atom stereocenters. The third-order valence-corrected chi connectivity index (χ3v) is 4.12. The molecule has 1 aliphatic heterocycles. The average molecular weight is 291 g/mol. The third-order valence-electron chi connectivity index (χ3n) is 4.12. The molecule has 1 aromatic rings. The number of hydrogen-bond acceptors (Lipinski definition) is 3. The third kappa shape index (κ3) is 3.08. The number of nitrogens with zero attached hydrogens (tertiary/aromatic N) is 1. The molecule has 2 rings (SSSR count). The van der Waals surface area contributed by atoms with E-state index in [1.165, 1.54) is 0 Å².